The highest BCUT2D eigenvalue weighted by Crippen LogP contribution is 2.50. The quantitative estimate of drug-likeness (QED) is 0.141. The predicted molar refractivity (Wildman–Crippen MR) is 171 cm³/mol. The average Bonchev–Trinajstić information content (AvgIpc) is 3.03. The van der Waals surface area contributed by atoms with Crippen molar-refractivity contribution in [1.29, 1.82) is 0 Å². The summed E-state index contributed by atoms with van der Waals surface area (Å²) in [6, 6.07) is 3.13. The molecule has 10 nitrogen and oxygen atoms in total. The molecule has 0 fully saturated rings. The number of rotatable bonds is 7. The summed E-state index contributed by atoms with van der Waals surface area (Å²) in [5, 5.41) is 2.39. The number of nitrogens with two attached hydrogens (primary N) is 2. The topological polar surface area (TPSA) is 160 Å². The maximum atomic E-state index is 14.3. The van der Waals surface area contributed by atoms with Gasteiger partial charge in [-0.25, -0.2) is 27.2 Å². The zero-order valence-corrected chi connectivity index (χ0v) is 28.8. The van der Waals surface area contributed by atoms with E-state index in [1.54, 1.807) is 41.5 Å². The first kappa shape index (κ1) is 41.5. The van der Waals surface area contributed by atoms with Crippen LogP contribution in [0.15, 0.2) is 18.2 Å². The third kappa shape index (κ3) is 9.31. The number of pyridine rings is 2. The van der Waals surface area contributed by atoms with E-state index in [1.807, 2.05) is 11.8 Å². The monoisotopic (exact) mass is 753 g/mol. The number of hydrogen-bond acceptors (Lipinski definition) is 7. The second-order valence-corrected chi connectivity index (χ2v) is 13.4. The molecule has 2 heterocycles. The van der Waals surface area contributed by atoms with Gasteiger partial charge in [0.15, 0.2) is 29.4 Å². The number of carbonyl (C=O) groups excluding carboxylic acids is 3. The highest BCUT2D eigenvalue weighted by atomic mass is 19.2. The van der Waals surface area contributed by atoms with Crippen LogP contribution in [0, 0.1) is 81.6 Å². The molecule has 0 aliphatic heterocycles. The van der Waals surface area contributed by atoms with Crippen LogP contribution in [0.2, 0.25) is 0 Å². The Hall–Kier alpha value is -5.91. The highest BCUT2D eigenvalue weighted by molar-refractivity contribution is 5.95. The minimum atomic E-state index is -2.04. The predicted octanol–water partition coefficient (Wildman–Crippen LogP) is 6.50. The van der Waals surface area contributed by atoms with Crippen molar-refractivity contribution in [2.45, 2.75) is 66.1 Å². The number of halogens is 8. The van der Waals surface area contributed by atoms with Gasteiger partial charge in [0, 0.05) is 27.6 Å². The summed E-state index contributed by atoms with van der Waals surface area (Å²) in [6.45, 7) is 10.6. The molecule has 5 N–H and O–H groups in total. The second-order valence-electron chi connectivity index (χ2n) is 13.4. The van der Waals surface area contributed by atoms with Gasteiger partial charge in [-0.3, -0.25) is 4.79 Å². The fourth-order valence-electron chi connectivity index (χ4n) is 5.63. The fourth-order valence-corrected chi connectivity index (χ4v) is 5.63. The Balaban J connectivity index is 2.13. The molecule has 0 bridgehead atoms. The molecule has 0 saturated carbocycles. The van der Waals surface area contributed by atoms with Gasteiger partial charge in [-0.2, -0.15) is 27.5 Å². The number of primary amides is 2. The van der Waals surface area contributed by atoms with Crippen molar-refractivity contribution >= 4 is 23.8 Å². The summed E-state index contributed by atoms with van der Waals surface area (Å²) in [4.78, 5) is 42.2. The molecule has 0 saturated heterocycles. The van der Waals surface area contributed by atoms with Crippen LogP contribution in [0.4, 0.5) is 50.4 Å². The minimum Gasteiger partial charge on any atom is -0.442 e. The van der Waals surface area contributed by atoms with Gasteiger partial charge in [0.05, 0.1) is 0 Å². The molecule has 3 amide bonds. The Bertz CT molecular complexity index is 2030. The lowest BCUT2D eigenvalue weighted by atomic mass is 9.60. The number of nitrogens with zero attached hydrogens (tertiary/aromatic N) is 2. The molecule has 3 aromatic rings. The summed E-state index contributed by atoms with van der Waals surface area (Å²) in [5.74, 6) is -8.94. The van der Waals surface area contributed by atoms with E-state index in [0.29, 0.717) is 0 Å². The minimum absolute atomic E-state index is 0.0982. The molecule has 0 radical (unpaired) electrons. The van der Waals surface area contributed by atoms with E-state index >= 15 is 0 Å². The molecule has 1 atom stereocenters. The number of anilines is 1. The number of carbonyl (C=O) groups is 3. The molecular formula is C35H31F8N5O5. The van der Waals surface area contributed by atoms with E-state index in [1.165, 1.54) is 0 Å². The van der Waals surface area contributed by atoms with Crippen LogP contribution < -0.4 is 16.8 Å². The third-order valence-corrected chi connectivity index (χ3v) is 7.93. The van der Waals surface area contributed by atoms with Crippen molar-refractivity contribution in [2.75, 3.05) is 5.32 Å². The molecule has 0 spiro atoms. The first-order valence-corrected chi connectivity index (χ1v) is 15.2. The molecule has 282 valence electrons. The molecule has 0 aliphatic carbocycles. The lowest BCUT2D eigenvalue weighted by molar-refractivity contribution is -0.149. The standard InChI is InChI=1S/C35H31F8N5O5/c1-33(2,3)35(34(4,5)6,53-32(45)51)14-13-21(52-31(44)50)30(49)46-18-10-7-16(8-11-19-22(36)26(40)47-27(41)23(19)37)17(15-18)9-12-20-24(38)28(42)48-29(43)25(20)39/h7,10,15,21H,13-14H2,1-6H3,(H2,44,50)(H2,45,51)(H,46,49)/t21-/m0/s1. The summed E-state index contributed by atoms with van der Waals surface area (Å²) in [6.07, 6.45) is -4.50. The van der Waals surface area contributed by atoms with Crippen molar-refractivity contribution in [2.24, 2.45) is 22.3 Å². The van der Waals surface area contributed by atoms with Gasteiger partial charge in [-0.15, -0.1) is 0 Å². The molecule has 53 heavy (non-hydrogen) atoms. The molecule has 1 aromatic carbocycles. The van der Waals surface area contributed by atoms with Crippen LogP contribution in [0.1, 0.15) is 76.6 Å². The average molecular weight is 754 g/mol. The largest absolute Gasteiger partial charge is 0.442 e. The van der Waals surface area contributed by atoms with Crippen molar-refractivity contribution < 1.29 is 59.0 Å². The fraction of sp³-hybridized carbons (Fsp3) is 0.343. The zero-order valence-electron chi connectivity index (χ0n) is 28.8. The number of hydrogen-bond donors (Lipinski definition) is 3. The first-order valence-electron chi connectivity index (χ1n) is 15.2. The third-order valence-electron chi connectivity index (χ3n) is 7.93. The van der Waals surface area contributed by atoms with E-state index in [4.69, 9.17) is 20.9 Å². The van der Waals surface area contributed by atoms with Gasteiger partial charge in [0.1, 0.15) is 16.7 Å². The number of nitrogens with one attached hydrogen (secondary N) is 1. The van der Waals surface area contributed by atoms with Gasteiger partial charge < -0.3 is 26.3 Å². The van der Waals surface area contributed by atoms with Gasteiger partial charge in [0.2, 0.25) is 0 Å². The van der Waals surface area contributed by atoms with Gasteiger partial charge >= 0.3 is 12.2 Å². The molecule has 0 unspecified atom stereocenters. The van der Waals surface area contributed by atoms with E-state index in [-0.39, 0.29) is 24.1 Å². The second kappa shape index (κ2) is 15.8. The zero-order chi connectivity index (χ0) is 40.2. The van der Waals surface area contributed by atoms with Gasteiger partial charge in [-0.1, -0.05) is 65.2 Å². The van der Waals surface area contributed by atoms with Gasteiger partial charge in [0.25, 0.3) is 29.7 Å². The van der Waals surface area contributed by atoms with Crippen molar-refractivity contribution in [3.05, 3.63) is 87.5 Å². The van der Waals surface area contributed by atoms with Crippen molar-refractivity contribution in [3.8, 4) is 23.7 Å². The number of benzene rings is 1. The molecule has 0 aliphatic rings. The van der Waals surface area contributed by atoms with Crippen LogP contribution in [0.25, 0.3) is 0 Å². The van der Waals surface area contributed by atoms with E-state index in [0.717, 1.165) is 18.2 Å². The Labute approximate surface area is 297 Å². The lowest BCUT2D eigenvalue weighted by Crippen LogP contribution is -2.57. The van der Waals surface area contributed by atoms with Crippen LogP contribution in [-0.4, -0.2) is 39.8 Å². The van der Waals surface area contributed by atoms with Crippen LogP contribution in [-0.2, 0) is 14.3 Å². The molecule has 3 rings (SSSR count). The SMILES string of the molecule is CC(C)(C)C(CC[C@H](OC(N)=O)C(=O)Nc1ccc(C#Cc2c(F)c(F)nc(F)c2F)c(C#Cc2c(F)c(F)nc(F)c2F)c1)(OC(N)=O)C(C)(C)C. The summed E-state index contributed by atoms with van der Waals surface area (Å²) < 4.78 is 123. The van der Waals surface area contributed by atoms with E-state index in [9.17, 15) is 49.5 Å². The first-order chi connectivity index (χ1) is 24.4. The van der Waals surface area contributed by atoms with Crippen LogP contribution in [0.5, 0.6) is 0 Å². The summed E-state index contributed by atoms with van der Waals surface area (Å²) in [7, 11) is 0. The highest BCUT2D eigenvalue weighted by Gasteiger charge is 2.54. The Morgan fingerprint density at radius 3 is 1.53 bits per heavy atom. The Morgan fingerprint density at radius 1 is 0.698 bits per heavy atom. The smallest absolute Gasteiger partial charge is 0.405 e. The molecular weight excluding hydrogens is 722 g/mol. The van der Waals surface area contributed by atoms with Crippen molar-refractivity contribution in [3.63, 3.8) is 0 Å². The summed E-state index contributed by atoms with van der Waals surface area (Å²) >= 11 is 0. The van der Waals surface area contributed by atoms with Crippen molar-refractivity contribution in [1.82, 2.24) is 9.97 Å². The molecule has 2 aromatic heterocycles. The Morgan fingerprint density at radius 2 is 1.13 bits per heavy atom. The Kier molecular flexibility index (Phi) is 12.3. The maximum absolute atomic E-state index is 14.3. The van der Waals surface area contributed by atoms with Gasteiger partial charge in [-0.05, 0) is 31.0 Å². The number of aromatic nitrogens is 2. The van der Waals surface area contributed by atoms with Crippen LogP contribution in [0.3, 0.4) is 0 Å². The molecule has 18 heteroatoms. The van der Waals surface area contributed by atoms with E-state index < -0.39 is 104 Å². The summed E-state index contributed by atoms with van der Waals surface area (Å²) in [5.41, 5.74) is 3.90. The van der Waals surface area contributed by atoms with E-state index in [2.05, 4.69) is 27.1 Å². The normalized spacial score (nSPS) is 12.1. The lowest BCUT2D eigenvalue weighted by Gasteiger charge is -2.52. The maximum Gasteiger partial charge on any atom is 0.405 e. The number of ether oxygens (including phenoxy) is 2. The van der Waals surface area contributed by atoms with Crippen LogP contribution >= 0.6 is 0 Å². The number of amides is 3.